The van der Waals surface area contributed by atoms with Crippen molar-refractivity contribution in [2.75, 3.05) is 20.1 Å². The summed E-state index contributed by atoms with van der Waals surface area (Å²) in [4.78, 5) is 0.0705. The van der Waals surface area contributed by atoms with Crippen LogP contribution in [0.15, 0.2) is 23.1 Å². The van der Waals surface area contributed by atoms with E-state index in [0.29, 0.717) is 23.1 Å². The molecule has 0 unspecified atom stereocenters. The van der Waals surface area contributed by atoms with Gasteiger partial charge in [0.2, 0.25) is 10.0 Å². The fourth-order valence-electron chi connectivity index (χ4n) is 1.08. The minimum Gasteiger partial charge on any atom is -0.318 e. The maximum atomic E-state index is 11.8. The summed E-state index contributed by atoms with van der Waals surface area (Å²) in [6.45, 7) is 0.858. The molecule has 16 heavy (non-hydrogen) atoms. The Labute approximate surface area is 105 Å². The van der Waals surface area contributed by atoms with Gasteiger partial charge in [-0.25, -0.2) is 13.1 Å². The monoisotopic (exact) mass is 282 g/mol. The largest absolute Gasteiger partial charge is 0.318 e. The van der Waals surface area contributed by atoms with E-state index in [1.54, 1.807) is 7.05 Å². The molecule has 1 aromatic carbocycles. The summed E-state index contributed by atoms with van der Waals surface area (Å²) in [6, 6.07) is 4.19. The molecule has 0 aliphatic rings. The maximum Gasteiger partial charge on any atom is 0.240 e. The number of hydrogen-bond acceptors (Lipinski definition) is 3. The highest BCUT2D eigenvalue weighted by Crippen LogP contribution is 2.21. The van der Waals surface area contributed by atoms with Crippen molar-refractivity contribution in [1.29, 1.82) is 0 Å². The van der Waals surface area contributed by atoms with Gasteiger partial charge in [-0.05, 0) is 25.2 Å². The van der Waals surface area contributed by atoms with E-state index in [4.69, 9.17) is 23.2 Å². The van der Waals surface area contributed by atoms with Gasteiger partial charge in [-0.15, -0.1) is 0 Å². The molecule has 0 bridgehead atoms. The Morgan fingerprint density at radius 3 is 2.19 bits per heavy atom. The molecule has 0 saturated heterocycles. The predicted molar refractivity (Wildman–Crippen MR) is 65.6 cm³/mol. The molecule has 0 atom stereocenters. The van der Waals surface area contributed by atoms with Crippen LogP contribution in [0.2, 0.25) is 10.0 Å². The fraction of sp³-hybridized carbons (Fsp3) is 0.333. The fourth-order valence-corrected chi connectivity index (χ4v) is 2.83. The second-order valence-corrected chi connectivity index (χ2v) is 5.75. The number of hydrogen-bond donors (Lipinski definition) is 2. The van der Waals surface area contributed by atoms with Crippen LogP contribution in [0.5, 0.6) is 0 Å². The van der Waals surface area contributed by atoms with Crippen LogP contribution in [0.25, 0.3) is 0 Å². The second-order valence-electron chi connectivity index (χ2n) is 3.11. The smallest absolute Gasteiger partial charge is 0.240 e. The van der Waals surface area contributed by atoms with Crippen LogP contribution >= 0.6 is 23.2 Å². The standard InChI is InChI=1S/C9H12Cl2N2O2S/c1-12-2-3-13-16(14,15)9-5-7(10)4-8(11)6-9/h4-6,12-13H,2-3H2,1H3. The van der Waals surface area contributed by atoms with Crippen molar-refractivity contribution in [3.8, 4) is 0 Å². The number of benzene rings is 1. The molecule has 0 aliphatic heterocycles. The molecule has 0 aliphatic carbocycles. The zero-order valence-electron chi connectivity index (χ0n) is 8.63. The van der Waals surface area contributed by atoms with Gasteiger partial charge < -0.3 is 5.32 Å². The zero-order chi connectivity index (χ0) is 12.2. The van der Waals surface area contributed by atoms with Crippen molar-refractivity contribution in [2.24, 2.45) is 0 Å². The van der Waals surface area contributed by atoms with Gasteiger partial charge in [-0.2, -0.15) is 0 Å². The Kier molecular flexibility index (Phi) is 5.01. The molecular formula is C9H12Cl2N2O2S. The van der Waals surface area contributed by atoms with Gasteiger partial charge in [-0.3, -0.25) is 0 Å². The quantitative estimate of drug-likeness (QED) is 0.805. The van der Waals surface area contributed by atoms with E-state index in [1.807, 2.05) is 0 Å². The van der Waals surface area contributed by atoms with Crippen molar-refractivity contribution in [3.05, 3.63) is 28.2 Å². The van der Waals surface area contributed by atoms with E-state index >= 15 is 0 Å². The molecule has 90 valence electrons. The lowest BCUT2D eigenvalue weighted by molar-refractivity contribution is 0.579. The van der Waals surface area contributed by atoms with Crippen LogP contribution in [0.1, 0.15) is 0 Å². The van der Waals surface area contributed by atoms with Gasteiger partial charge in [0.25, 0.3) is 0 Å². The Hall–Kier alpha value is -0.330. The zero-order valence-corrected chi connectivity index (χ0v) is 11.0. The summed E-state index contributed by atoms with van der Waals surface area (Å²) in [5.74, 6) is 0. The average Bonchev–Trinajstić information content (AvgIpc) is 2.16. The van der Waals surface area contributed by atoms with E-state index in [2.05, 4.69) is 10.0 Å². The van der Waals surface area contributed by atoms with Crippen LogP contribution in [0.3, 0.4) is 0 Å². The molecule has 1 rings (SSSR count). The van der Waals surface area contributed by atoms with Crippen molar-refractivity contribution in [1.82, 2.24) is 10.0 Å². The summed E-state index contributed by atoms with van der Waals surface area (Å²) in [5.41, 5.74) is 0. The first-order valence-corrected chi connectivity index (χ1v) is 6.80. The van der Waals surface area contributed by atoms with Crippen molar-refractivity contribution >= 4 is 33.2 Å². The van der Waals surface area contributed by atoms with Crippen LogP contribution in [-0.2, 0) is 10.0 Å². The van der Waals surface area contributed by atoms with E-state index in [-0.39, 0.29) is 4.90 Å². The number of likely N-dealkylation sites (N-methyl/N-ethyl adjacent to an activating group) is 1. The average molecular weight is 283 g/mol. The lowest BCUT2D eigenvalue weighted by Crippen LogP contribution is -2.30. The molecule has 0 aromatic heterocycles. The Bertz CT molecular complexity index is 442. The van der Waals surface area contributed by atoms with Crippen molar-refractivity contribution < 1.29 is 8.42 Å². The Balaban J connectivity index is 2.89. The highest BCUT2D eigenvalue weighted by Gasteiger charge is 2.14. The van der Waals surface area contributed by atoms with Crippen LogP contribution < -0.4 is 10.0 Å². The first kappa shape index (κ1) is 13.7. The van der Waals surface area contributed by atoms with Crippen molar-refractivity contribution in [3.63, 3.8) is 0 Å². The van der Waals surface area contributed by atoms with Gasteiger partial charge in [0.1, 0.15) is 0 Å². The summed E-state index contributed by atoms with van der Waals surface area (Å²) in [7, 11) is -1.80. The number of nitrogens with one attached hydrogen (secondary N) is 2. The van der Waals surface area contributed by atoms with Crippen LogP contribution in [0.4, 0.5) is 0 Å². The molecule has 0 spiro atoms. The third-order valence-electron chi connectivity index (χ3n) is 1.81. The third-order valence-corrected chi connectivity index (χ3v) is 3.69. The molecule has 0 amide bonds. The molecule has 0 saturated carbocycles. The highest BCUT2D eigenvalue weighted by molar-refractivity contribution is 7.89. The van der Waals surface area contributed by atoms with Crippen LogP contribution in [0, 0.1) is 0 Å². The number of sulfonamides is 1. The maximum absolute atomic E-state index is 11.8. The van der Waals surface area contributed by atoms with Crippen LogP contribution in [-0.4, -0.2) is 28.6 Å². The molecule has 2 N–H and O–H groups in total. The van der Waals surface area contributed by atoms with E-state index < -0.39 is 10.0 Å². The number of halogens is 2. The predicted octanol–water partition coefficient (Wildman–Crippen LogP) is 1.49. The molecule has 0 fully saturated rings. The SMILES string of the molecule is CNCCNS(=O)(=O)c1cc(Cl)cc(Cl)c1. The van der Waals surface area contributed by atoms with E-state index in [0.717, 1.165) is 0 Å². The molecule has 4 nitrogen and oxygen atoms in total. The first-order valence-electron chi connectivity index (χ1n) is 4.56. The summed E-state index contributed by atoms with van der Waals surface area (Å²) >= 11 is 11.5. The first-order chi connectivity index (χ1) is 7.45. The van der Waals surface area contributed by atoms with E-state index in [1.165, 1.54) is 18.2 Å². The molecular weight excluding hydrogens is 271 g/mol. The minimum atomic E-state index is -3.54. The van der Waals surface area contributed by atoms with Gasteiger partial charge in [0, 0.05) is 23.1 Å². The molecule has 0 heterocycles. The normalized spacial score (nSPS) is 11.7. The van der Waals surface area contributed by atoms with Crippen molar-refractivity contribution in [2.45, 2.75) is 4.90 Å². The third kappa shape index (κ3) is 3.92. The summed E-state index contributed by atoms with van der Waals surface area (Å²) in [5, 5.41) is 3.42. The summed E-state index contributed by atoms with van der Waals surface area (Å²) in [6.07, 6.45) is 0. The van der Waals surface area contributed by atoms with Gasteiger partial charge >= 0.3 is 0 Å². The highest BCUT2D eigenvalue weighted by atomic mass is 35.5. The lowest BCUT2D eigenvalue weighted by atomic mass is 10.4. The number of rotatable bonds is 5. The lowest BCUT2D eigenvalue weighted by Gasteiger charge is -2.07. The Morgan fingerprint density at radius 1 is 1.12 bits per heavy atom. The molecule has 1 aromatic rings. The van der Waals surface area contributed by atoms with E-state index in [9.17, 15) is 8.42 Å². The molecule has 7 heteroatoms. The van der Waals surface area contributed by atoms with Gasteiger partial charge in [0.15, 0.2) is 0 Å². The van der Waals surface area contributed by atoms with Gasteiger partial charge in [-0.1, -0.05) is 23.2 Å². The summed E-state index contributed by atoms with van der Waals surface area (Å²) < 4.78 is 25.9. The molecule has 0 radical (unpaired) electrons. The Morgan fingerprint density at radius 2 is 1.69 bits per heavy atom. The minimum absolute atomic E-state index is 0.0705. The second kappa shape index (κ2) is 5.84. The topological polar surface area (TPSA) is 58.2 Å². The van der Waals surface area contributed by atoms with Gasteiger partial charge in [0.05, 0.1) is 4.90 Å².